The van der Waals surface area contributed by atoms with Crippen LogP contribution >= 0.6 is 0 Å². The summed E-state index contributed by atoms with van der Waals surface area (Å²) in [7, 11) is 0. The Labute approximate surface area is 101 Å². The molecule has 1 unspecified atom stereocenters. The van der Waals surface area contributed by atoms with E-state index in [1.807, 2.05) is 6.92 Å². The molecule has 0 radical (unpaired) electrons. The van der Waals surface area contributed by atoms with Crippen LogP contribution < -0.4 is 0 Å². The van der Waals surface area contributed by atoms with Gasteiger partial charge in [-0.1, -0.05) is 25.5 Å². The van der Waals surface area contributed by atoms with E-state index in [0.29, 0.717) is 0 Å². The molecule has 0 aliphatic heterocycles. The molecule has 0 heterocycles. The summed E-state index contributed by atoms with van der Waals surface area (Å²) in [5, 5.41) is 0. The van der Waals surface area contributed by atoms with E-state index in [9.17, 15) is 8.78 Å². The average Bonchev–Trinajstić information content (AvgIpc) is 2.13. The van der Waals surface area contributed by atoms with Crippen molar-refractivity contribution < 1.29 is 8.78 Å². The predicted molar refractivity (Wildman–Crippen MR) is 65.9 cm³/mol. The topological polar surface area (TPSA) is 0 Å². The van der Waals surface area contributed by atoms with Crippen molar-refractivity contribution in [3.05, 3.63) is 47.0 Å². The Kier molecular flexibility index (Phi) is 3.07. The Bertz CT molecular complexity index is 438. The van der Waals surface area contributed by atoms with E-state index in [4.69, 9.17) is 0 Å². The number of benzene rings is 1. The van der Waals surface area contributed by atoms with Gasteiger partial charge in [0.2, 0.25) is 0 Å². The fourth-order valence-electron chi connectivity index (χ4n) is 2.74. The molecule has 1 aliphatic rings. The molecular formula is C15H18F2. The van der Waals surface area contributed by atoms with Crippen LogP contribution in [0.2, 0.25) is 0 Å². The van der Waals surface area contributed by atoms with Gasteiger partial charge in [0.25, 0.3) is 0 Å². The molecule has 0 bridgehead atoms. The summed E-state index contributed by atoms with van der Waals surface area (Å²) in [6, 6.07) is 3.82. The molecule has 92 valence electrons. The van der Waals surface area contributed by atoms with E-state index in [0.717, 1.165) is 24.5 Å². The van der Waals surface area contributed by atoms with Crippen LogP contribution in [0.3, 0.4) is 0 Å². The van der Waals surface area contributed by atoms with Gasteiger partial charge in [-0.15, -0.1) is 0 Å². The zero-order valence-electron chi connectivity index (χ0n) is 10.6. The Morgan fingerprint density at radius 2 is 1.71 bits per heavy atom. The summed E-state index contributed by atoms with van der Waals surface area (Å²) < 4.78 is 26.4. The van der Waals surface area contributed by atoms with E-state index in [1.54, 1.807) is 0 Å². The molecule has 17 heavy (non-hydrogen) atoms. The minimum atomic E-state index is -0.488. The molecule has 0 N–H and O–H groups in total. The fraction of sp³-hybridized carbons (Fsp3) is 0.467. The Morgan fingerprint density at radius 1 is 1.12 bits per heavy atom. The van der Waals surface area contributed by atoms with Crippen molar-refractivity contribution in [3.63, 3.8) is 0 Å². The molecule has 0 nitrogen and oxygen atoms in total. The van der Waals surface area contributed by atoms with Crippen LogP contribution in [0.1, 0.15) is 45.1 Å². The quantitative estimate of drug-likeness (QED) is 0.613. The summed E-state index contributed by atoms with van der Waals surface area (Å²) in [6.45, 7) is 6.44. The lowest BCUT2D eigenvalue weighted by molar-refractivity contribution is 0.378. The van der Waals surface area contributed by atoms with Crippen LogP contribution in [0, 0.1) is 17.0 Å². The second-order valence-corrected chi connectivity index (χ2v) is 5.67. The third-order valence-electron chi connectivity index (χ3n) is 3.53. The summed E-state index contributed by atoms with van der Waals surface area (Å²) in [6.07, 6.45) is 4.23. The monoisotopic (exact) mass is 236 g/mol. The molecular weight excluding hydrogens is 218 g/mol. The molecule has 1 aromatic rings. The van der Waals surface area contributed by atoms with Crippen LogP contribution in [-0.2, 0) is 0 Å². The van der Waals surface area contributed by atoms with Gasteiger partial charge < -0.3 is 0 Å². The smallest absolute Gasteiger partial charge is 0.126 e. The average molecular weight is 236 g/mol. The summed E-state index contributed by atoms with van der Waals surface area (Å²) in [5.41, 5.74) is 2.17. The maximum Gasteiger partial charge on any atom is 0.126 e. The number of halogens is 2. The highest BCUT2D eigenvalue weighted by atomic mass is 19.1. The Hall–Kier alpha value is -1.18. The molecule has 0 saturated heterocycles. The number of allylic oxidation sites excluding steroid dienone is 2. The summed E-state index contributed by atoms with van der Waals surface area (Å²) >= 11 is 0. The zero-order chi connectivity index (χ0) is 12.6. The predicted octanol–water partition coefficient (Wildman–Crippen LogP) is 4.81. The van der Waals surface area contributed by atoms with E-state index in [2.05, 4.69) is 19.9 Å². The van der Waals surface area contributed by atoms with Crippen LogP contribution in [0.25, 0.3) is 0 Å². The third kappa shape index (κ3) is 2.74. The van der Waals surface area contributed by atoms with Gasteiger partial charge in [-0.2, -0.15) is 0 Å². The minimum Gasteiger partial charge on any atom is -0.207 e. The molecule has 2 rings (SSSR count). The SMILES string of the molecule is CC1=CC(C)(C)CCC1c1cc(F)cc(F)c1. The zero-order valence-corrected chi connectivity index (χ0v) is 10.6. The fourth-order valence-corrected chi connectivity index (χ4v) is 2.74. The lowest BCUT2D eigenvalue weighted by Gasteiger charge is -2.32. The lowest BCUT2D eigenvalue weighted by Crippen LogP contribution is -2.18. The summed E-state index contributed by atoms with van der Waals surface area (Å²) in [5.74, 6) is -0.816. The van der Waals surface area contributed by atoms with Crippen molar-refractivity contribution in [3.8, 4) is 0 Å². The maximum atomic E-state index is 13.2. The first-order valence-corrected chi connectivity index (χ1v) is 6.03. The van der Waals surface area contributed by atoms with Gasteiger partial charge >= 0.3 is 0 Å². The van der Waals surface area contributed by atoms with Crippen molar-refractivity contribution in [2.45, 2.75) is 39.5 Å². The second-order valence-electron chi connectivity index (χ2n) is 5.67. The number of hydrogen-bond acceptors (Lipinski definition) is 0. The van der Waals surface area contributed by atoms with Crippen molar-refractivity contribution >= 4 is 0 Å². The van der Waals surface area contributed by atoms with Crippen LogP contribution in [0.5, 0.6) is 0 Å². The van der Waals surface area contributed by atoms with Gasteiger partial charge in [0.1, 0.15) is 11.6 Å². The lowest BCUT2D eigenvalue weighted by atomic mass is 9.73. The Morgan fingerprint density at radius 3 is 2.24 bits per heavy atom. The molecule has 0 fully saturated rings. The molecule has 0 spiro atoms. The second kappa shape index (κ2) is 4.25. The maximum absolute atomic E-state index is 13.2. The third-order valence-corrected chi connectivity index (χ3v) is 3.53. The van der Waals surface area contributed by atoms with Crippen molar-refractivity contribution in [1.29, 1.82) is 0 Å². The first-order valence-electron chi connectivity index (χ1n) is 6.03. The van der Waals surface area contributed by atoms with Gasteiger partial charge in [0, 0.05) is 12.0 Å². The van der Waals surface area contributed by atoms with E-state index in [-0.39, 0.29) is 11.3 Å². The first kappa shape index (κ1) is 12.3. The largest absolute Gasteiger partial charge is 0.207 e. The highest BCUT2D eigenvalue weighted by Gasteiger charge is 2.26. The van der Waals surface area contributed by atoms with Crippen LogP contribution in [0.4, 0.5) is 8.78 Å². The first-order chi connectivity index (χ1) is 7.87. The molecule has 2 heteroatoms. The van der Waals surface area contributed by atoms with Gasteiger partial charge in [-0.25, -0.2) is 8.78 Å². The molecule has 1 aliphatic carbocycles. The minimum absolute atomic E-state index is 0.160. The van der Waals surface area contributed by atoms with E-state index in [1.165, 1.54) is 17.7 Å². The highest BCUT2D eigenvalue weighted by molar-refractivity contribution is 5.31. The number of rotatable bonds is 1. The van der Waals surface area contributed by atoms with Gasteiger partial charge in [0.05, 0.1) is 0 Å². The van der Waals surface area contributed by atoms with Gasteiger partial charge in [0.15, 0.2) is 0 Å². The molecule has 0 saturated carbocycles. The van der Waals surface area contributed by atoms with Crippen molar-refractivity contribution in [2.24, 2.45) is 5.41 Å². The van der Waals surface area contributed by atoms with Crippen LogP contribution in [0.15, 0.2) is 29.8 Å². The Balaban J connectivity index is 2.35. The molecule has 0 amide bonds. The highest BCUT2D eigenvalue weighted by Crippen LogP contribution is 2.41. The van der Waals surface area contributed by atoms with Crippen molar-refractivity contribution in [1.82, 2.24) is 0 Å². The normalized spacial score (nSPS) is 23.4. The van der Waals surface area contributed by atoms with Crippen LogP contribution in [-0.4, -0.2) is 0 Å². The molecule has 1 atom stereocenters. The standard InChI is InChI=1S/C15H18F2/c1-10-9-15(2,3)5-4-14(10)11-6-12(16)8-13(17)7-11/h6-9,14H,4-5H2,1-3H3. The molecule has 1 aromatic carbocycles. The molecule has 0 aromatic heterocycles. The summed E-state index contributed by atoms with van der Waals surface area (Å²) in [4.78, 5) is 0. The van der Waals surface area contributed by atoms with Crippen molar-refractivity contribution in [2.75, 3.05) is 0 Å². The van der Waals surface area contributed by atoms with E-state index >= 15 is 0 Å². The van der Waals surface area contributed by atoms with Gasteiger partial charge in [-0.05, 0) is 42.9 Å². The number of hydrogen-bond donors (Lipinski definition) is 0. The van der Waals surface area contributed by atoms with Gasteiger partial charge in [-0.3, -0.25) is 0 Å². The van der Waals surface area contributed by atoms with E-state index < -0.39 is 11.6 Å².